The molecule has 0 bridgehead atoms. The van der Waals surface area contributed by atoms with Gasteiger partial charge in [-0.15, -0.1) is 11.3 Å². The van der Waals surface area contributed by atoms with Crippen LogP contribution in [0.2, 0.25) is 0 Å². The van der Waals surface area contributed by atoms with Crippen LogP contribution in [0.4, 0.5) is 5.69 Å². The van der Waals surface area contributed by atoms with E-state index in [0.717, 1.165) is 10.7 Å². The molecule has 1 aromatic carbocycles. The summed E-state index contributed by atoms with van der Waals surface area (Å²) in [5.74, 6) is -0.313. The van der Waals surface area contributed by atoms with E-state index in [1.807, 2.05) is 12.3 Å². The molecule has 0 spiro atoms. The standard InChI is InChI=1S/C13H15N3O2S/c1-8-7-19-12(16-8)4-5-15-13(18)9-2-3-10(14)11(17)6-9/h2-3,6-7,17H,4-5,14H2,1H3,(H,15,18). The second-order valence-corrected chi connectivity index (χ2v) is 5.10. The predicted octanol–water partition coefficient (Wildman–Crippen LogP) is 1.71. The van der Waals surface area contributed by atoms with E-state index in [0.29, 0.717) is 18.5 Å². The number of carbonyl (C=O) groups excluding carboxylic acids is 1. The van der Waals surface area contributed by atoms with Gasteiger partial charge in [0, 0.05) is 29.6 Å². The Balaban J connectivity index is 1.89. The second kappa shape index (κ2) is 5.71. The van der Waals surface area contributed by atoms with Crippen molar-refractivity contribution in [3.8, 4) is 5.75 Å². The zero-order valence-electron chi connectivity index (χ0n) is 10.5. The molecule has 0 aliphatic heterocycles. The number of aromatic nitrogens is 1. The molecule has 0 fully saturated rings. The van der Waals surface area contributed by atoms with Gasteiger partial charge in [-0.25, -0.2) is 4.98 Å². The first-order valence-corrected chi connectivity index (χ1v) is 6.72. The summed E-state index contributed by atoms with van der Waals surface area (Å²) in [5.41, 5.74) is 7.12. The largest absolute Gasteiger partial charge is 0.506 e. The Morgan fingerprint density at radius 1 is 1.53 bits per heavy atom. The molecular weight excluding hydrogens is 262 g/mol. The number of phenolic OH excluding ortho intramolecular Hbond substituents is 1. The van der Waals surface area contributed by atoms with Crippen molar-refractivity contribution in [1.82, 2.24) is 10.3 Å². The number of aromatic hydroxyl groups is 1. The number of carbonyl (C=O) groups is 1. The van der Waals surface area contributed by atoms with Gasteiger partial charge in [-0.1, -0.05) is 0 Å². The molecule has 0 unspecified atom stereocenters. The summed E-state index contributed by atoms with van der Waals surface area (Å²) >= 11 is 1.58. The first-order valence-electron chi connectivity index (χ1n) is 5.84. The summed E-state index contributed by atoms with van der Waals surface area (Å²) in [6.07, 6.45) is 0.700. The number of nitrogens with two attached hydrogens (primary N) is 1. The minimum absolute atomic E-state index is 0.0804. The second-order valence-electron chi connectivity index (χ2n) is 4.16. The fraction of sp³-hybridized carbons (Fsp3) is 0.231. The molecule has 0 radical (unpaired) electrons. The van der Waals surface area contributed by atoms with Gasteiger partial charge >= 0.3 is 0 Å². The molecule has 0 saturated heterocycles. The summed E-state index contributed by atoms with van der Waals surface area (Å²) < 4.78 is 0. The summed E-state index contributed by atoms with van der Waals surface area (Å²) in [6.45, 7) is 2.45. The first kappa shape index (κ1) is 13.4. The zero-order chi connectivity index (χ0) is 13.8. The fourth-order valence-electron chi connectivity index (χ4n) is 1.59. The molecule has 2 aromatic rings. The molecule has 1 aromatic heterocycles. The monoisotopic (exact) mass is 277 g/mol. The van der Waals surface area contributed by atoms with E-state index < -0.39 is 0 Å². The molecule has 1 amide bonds. The number of nitrogens with one attached hydrogen (secondary N) is 1. The number of aryl methyl sites for hydroxylation is 1. The van der Waals surface area contributed by atoms with Crippen molar-refractivity contribution in [3.05, 3.63) is 39.8 Å². The third kappa shape index (κ3) is 3.45. The third-order valence-corrected chi connectivity index (χ3v) is 3.61. The fourth-order valence-corrected chi connectivity index (χ4v) is 2.36. The quantitative estimate of drug-likeness (QED) is 0.586. The van der Waals surface area contributed by atoms with Crippen LogP contribution in [0, 0.1) is 6.92 Å². The van der Waals surface area contributed by atoms with Gasteiger partial charge in [-0.05, 0) is 25.1 Å². The predicted molar refractivity (Wildman–Crippen MR) is 75.4 cm³/mol. The summed E-state index contributed by atoms with van der Waals surface area (Å²) in [5, 5.41) is 15.2. The van der Waals surface area contributed by atoms with Gasteiger partial charge in [0.2, 0.25) is 0 Å². The lowest BCUT2D eigenvalue weighted by molar-refractivity contribution is 0.0954. The minimum atomic E-state index is -0.233. The van der Waals surface area contributed by atoms with Crippen molar-refractivity contribution in [3.63, 3.8) is 0 Å². The number of phenols is 1. The van der Waals surface area contributed by atoms with Gasteiger partial charge in [0.05, 0.1) is 10.7 Å². The van der Waals surface area contributed by atoms with Gasteiger partial charge in [0.15, 0.2) is 0 Å². The molecule has 100 valence electrons. The minimum Gasteiger partial charge on any atom is -0.506 e. The molecule has 6 heteroatoms. The first-order chi connectivity index (χ1) is 9.06. The van der Waals surface area contributed by atoms with Crippen LogP contribution in [0.1, 0.15) is 21.1 Å². The number of rotatable bonds is 4. The maximum Gasteiger partial charge on any atom is 0.251 e. The van der Waals surface area contributed by atoms with Crippen molar-refractivity contribution in [2.45, 2.75) is 13.3 Å². The Kier molecular flexibility index (Phi) is 4.01. The van der Waals surface area contributed by atoms with Crippen molar-refractivity contribution in [2.24, 2.45) is 0 Å². The maximum absolute atomic E-state index is 11.8. The highest BCUT2D eigenvalue weighted by Crippen LogP contribution is 2.20. The van der Waals surface area contributed by atoms with E-state index >= 15 is 0 Å². The van der Waals surface area contributed by atoms with Gasteiger partial charge in [0.25, 0.3) is 5.91 Å². The van der Waals surface area contributed by atoms with Gasteiger partial charge in [-0.2, -0.15) is 0 Å². The van der Waals surface area contributed by atoms with E-state index in [4.69, 9.17) is 5.73 Å². The number of amides is 1. The number of nitrogens with zero attached hydrogens (tertiary/aromatic N) is 1. The molecule has 1 heterocycles. The highest BCUT2D eigenvalue weighted by molar-refractivity contribution is 7.09. The Morgan fingerprint density at radius 3 is 2.95 bits per heavy atom. The van der Waals surface area contributed by atoms with Gasteiger partial charge in [-0.3, -0.25) is 4.79 Å². The third-order valence-electron chi connectivity index (χ3n) is 2.58. The van der Waals surface area contributed by atoms with Crippen LogP contribution in [-0.4, -0.2) is 22.5 Å². The lowest BCUT2D eigenvalue weighted by Gasteiger charge is -2.05. The molecule has 5 nitrogen and oxygen atoms in total. The lowest BCUT2D eigenvalue weighted by Crippen LogP contribution is -2.25. The molecule has 19 heavy (non-hydrogen) atoms. The van der Waals surface area contributed by atoms with Crippen molar-refractivity contribution in [1.29, 1.82) is 0 Å². The molecular formula is C13H15N3O2S. The van der Waals surface area contributed by atoms with E-state index in [1.54, 1.807) is 17.4 Å². The number of hydrogen-bond acceptors (Lipinski definition) is 5. The van der Waals surface area contributed by atoms with E-state index in [-0.39, 0.29) is 17.3 Å². The average Bonchev–Trinajstić information content (AvgIpc) is 2.78. The number of thiazole rings is 1. The topological polar surface area (TPSA) is 88.2 Å². The summed E-state index contributed by atoms with van der Waals surface area (Å²) in [4.78, 5) is 16.1. The Hall–Kier alpha value is -2.08. The Bertz CT molecular complexity index is 595. The number of benzene rings is 1. The van der Waals surface area contributed by atoms with Crippen LogP contribution < -0.4 is 11.1 Å². The molecule has 0 atom stereocenters. The molecule has 2 rings (SSSR count). The summed E-state index contributed by atoms with van der Waals surface area (Å²) in [7, 11) is 0. The van der Waals surface area contributed by atoms with Crippen LogP contribution in [0.25, 0.3) is 0 Å². The molecule has 0 saturated carbocycles. The smallest absolute Gasteiger partial charge is 0.251 e. The van der Waals surface area contributed by atoms with Gasteiger partial charge < -0.3 is 16.2 Å². The van der Waals surface area contributed by atoms with Crippen LogP contribution in [-0.2, 0) is 6.42 Å². The lowest BCUT2D eigenvalue weighted by atomic mass is 10.2. The van der Waals surface area contributed by atoms with Crippen LogP contribution in [0.5, 0.6) is 5.75 Å². The van der Waals surface area contributed by atoms with Crippen molar-refractivity contribution in [2.75, 3.05) is 12.3 Å². The van der Waals surface area contributed by atoms with E-state index in [9.17, 15) is 9.90 Å². The van der Waals surface area contributed by atoms with Crippen molar-refractivity contribution < 1.29 is 9.90 Å². The number of anilines is 1. The number of nitrogen functional groups attached to an aromatic ring is 1. The van der Waals surface area contributed by atoms with Crippen LogP contribution in [0.15, 0.2) is 23.6 Å². The average molecular weight is 277 g/mol. The van der Waals surface area contributed by atoms with E-state index in [1.165, 1.54) is 12.1 Å². The number of hydrogen-bond donors (Lipinski definition) is 3. The summed E-state index contributed by atoms with van der Waals surface area (Å²) in [6, 6.07) is 4.45. The van der Waals surface area contributed by atoms with Crippen LogP contribution in [0.3, 0.4) is 0 Å². The molecule has 0 aliphatic rings. The Morgan fingerprint density at radius 2 is 2.32 bits per heavy atom. The maximum atomic E-state index is 11.8. The van der Waals surface area contributed by atoms with Crippen molar-refractivity contribution >= 4 is 22.9 Å². The van der Waals surface area contributed by atoms with E-state index in [2.05, 4.69) is 10.3 Å². The van der Waals surface area contributed by atoms with Crippen LogP contribution >= 0.6 is 11.3 Å². The normalized spacial score (nSPS) is 10.4. The highest BCUT2D eigenvalue weighted by Gasteiger charge is 2.08. The Labute approximate surface area is 115 Å². The highest BCUT2D eigenvalue weighted by atomic mass is 32.1. The zero-order valence-corrected chi connectivity index (χ0v) is 11.3. The van der Waals surface area contributed by atoms with Gasteiger partial charge in [0.1, 0.15) is 5.75 Å². The molecule has 4 N–H and O–H groups in total. The molecule has 0 aliphatic carbocycles. The SMILES string of the molecule is Cc1csc(CCNC(=O)c2ccc(N)c(O)c2)n1.